The van der Waals surface area contributed by atoms with Crippen LogP contribution in [0.4, 0.5) is 35.1 Å². The van der Waals surface area contributed by atoms with Crippen LogP contribution in [0.1, 0.15) is 38.5 Å². The summed E-state index contributed by atoms with van der Waals surface area (Å²) in [4.78, 5) is 0. The maximum absolute atomic E-state index is 13.1. The van der Waals surface area contributed by atoms with Crippen molar-refractivity contribution in [2.45, 2.75) is 62.0 Å². The van der Waals surface area contributed by atoms with Crippen molar-refractivity contribution in [2.75, 3.05) is 0 Å². The van der Waals surface area contributed by atoms with Crippen LogP contribution in [0.2, 0.25) is 0 Å². The number of alkyl halides is 8. The van der Waals surface area contributed by atoms with E-state index in [2.05, 4.69) is 0 Å². The van der Waals surface area contributed by atoms with Gasteiger partial charge in [0.2, 0.25) is 0 Å². The Labute approximate surface area is 139 Å². The van der Waals surface area contributed by atoms with Crippen LogP contribution < -0.4 is 18.9 Å². The van der Waals surface area contributed by atoms with Crippen molar-refractivity contribution in [3.05, 3.63) is 0 Å². The van der Waals surface area contributed by atoms with Crippen molar-refractivity contribution in [3.63, 3.8) is 0 Å². The summed E-state index contributed by atoms with van der Waals surface area (Å²) < 4.78 is 130. The van der Waals surface area contributed by atoms with Gasteiger partial charge in [0.1, 0.15) is 0 Å². The smallest absolute Gasteiger partial charge is 0.743 e. The molecule has 0 aliphatic rings. The third kappa shape index (κ3) is 7.58. The van der Waals surface area contributed by atoms with Gasteiger partial charge in [-0.15, -0.1) is 0 Å². The van der Waals surface area contributed by atoms with E-state index < -0.39 is 52.9 Å². The van der Waals surface area contributed by atoms with Crippen molar-refractivity contribution < 1.29 is 67.0 Å². The molecular formula is C10H13F8LiO3S. The topological polar surface area (TPSA) is 57.2 Å². The molecule has 0 bridgehead atoms. The fourth-order valence-corrected chi connectivity index (χ4v) is 1.99. The molecule has 1 unspecified atom stereocenters. The van der Waals surface area contributed by atoms with Gasteiger partial charge in [0.25, 0.3) is 0 Å². The summed E-state index contributed by atoms with van der Waals surface area (Å²) in [5.41, 5.74) is 0. The van der Waals surface area contributed by atoms with E-state index in [0.717, 1.165) is 0 Å². The number of hydrogen-bond donors (Lipinski definition) is 0. The fourth-order valence-electron chi connectivity index (χ4n) is 1.53. The van der Waals surface area contributed by atoms with Gasteiger partial charge in [-0.1, -0.05) is 19.3 Å². The van der Waals surface area contributed by atoms with Crippen LogP contribution in [0, 0.1) is 0 Å². The van der Waals surface area contributed by atoms with Crippen molar-refractivity contribution in [3.8, 4) is 0 Å². The first-order valence-corrected chi connectivity index (χ1v) is 7.45. The van der Waals surface area contributed by atoms with Gasteiger partial charge >= 0.3 is 36.2 Å². The van der Waals surface area contributed by atoms with Crippen LogP contribution in [-0.4, -0.2) is 36.5 Å². The zero-order valence-corrected chi connectivity index (χ0v) is 12.8. The maximum atomic E-state index is 13.1. The van der Waals surface area contributed by atoms with Gasteiger partial charge in [0, 0.05) is 6.42 Å². The monoisotopic (exact) mass is 372 g/mol. The Balaban J connectivity index is 0. The Bertz CT molecular complexity index is 452. The van der Waals surface area contributed by atoms with Crippen molar-refractivity contribution in [2.24, 2.45) is 0 Å². The minimum atomic E-state index is -6.76. The van der Waals surface area contributed by atoms with Gasteiger partial charge in [0.05, 0.1) is 0 Å². The van der Waals surface area contributed by atoms with Crippen molar-refractivity contribution in [1.82, 2.24) is 0 Å². The van der Waals surface area contributed by atoms with E-state index in [0.29, 0.717) is 0 Å². The van der Waals surface area contributed by atoms with Crippen LogP contribution in [-0.2, 0) is 10.1 Å². The van der Waals surface area contributed by atoms with E-state index in [-0.39, 0.29) is 38.1 Å². The molecule has 0 aromatic rings. The summed E-state index contributed by atoms with van der Waals surface area (Å²) in [6.07, 6.45) is -11.3. The number of rotatable bonds is 9. The Hall–Kier alpha value is -0.0526. The predicted molar refractivity (Wildman–Crippen MR) is 58.2 cm³/mol. The largest absolute Gasteiger partial charge is 1.00 e. The first-order valence-electron chi connectivity index (χ1n) is 6.05. The van der Waals surface area contributed by atoms with Gasteiger partial charge in [-0.3, -0.25) is 0 Å². The predicted octanol–water partition coefficient (Wildman–Crippen LogP) is 1.00. The second kappa shape index (κ2) is 8.87. The van der Waals surface area contributed by atoms with Crippen LogP contribution in [0.3, 0.4) is 0 Å². The quantitative estimate of drug-likeness (QED) is 0.263. The van der Waals surface area contributed by atoms with Gasteiger partial charge in [0.15, 0.2) is 16.3 Å². The molecule has 13 heteroatoms. The molecule has 0 saturated heterocycles. The van der Waals surface area contributed by atoms with E-state index in [1.54, 1.807) is 0 Å². The molecule has 0 amide bonds. The normalized spacial score (nSPS) is 15.2. The van der Waals surface area contributed by atoms with Crippen LogP contribution in [0.15, 0.2) is 0 Å². The molecule has 3 nitrogen and oxygen atoms in total. The first-order chi connectivity index (χ1) is 9.63. The van der Waals surface area contributed by atoms with Gasteiger partial charge in [-0.05, 0) is 12.8 Å². The summed E-state index contributed by atoms with van der Waals surface area (Å²) >= 11 is 0. The van der Waals surface area contributed by atoms with Gasteiger partial charge < -0.3 is 4.55 Å². The average molecular weight is 372 g/mol. The van der Waals surface area contributed by atoms with Crippen LogP contribution in [0.5, 0.6) is 0 Å². The number of hydrogen-bond acceptors (Lipinski definition) is 3. The molecule has 0 fully saturated rings. The molecule has 0 aromatic carbocycles. The Morgan fingerprint density at radius 3 is 1.70 bits per heavy atom. The molecular weight excluding hydrogens is 359 g/mol. The molecule has 134 valence electrons. The zero-order valence-electron chi connectivity index (χ0n) is 12.0. The summed E-state index contributed by atoms with van der Waals surface area (Å²) in [7, 11) is -6.76. The minimum absolute atomic E-state index is 0. The van der Waals surface area contributed by atoms with Crippen molar-refractivity contribution >= 4 is 10.1 Å². The summed E-state index contributed by atoms with van der Waals surface area (Å²) in [6.45, 7) is 0. The molecule has 0 N–H and O–H groups in total. The average Bonchev–Trinajstić information content (AvgIpc) is 2.30. The third-order valence-electron chi connectivity index (χ3n) is 2.76. The standard InChI is InChI=1S/C10H14F8O3S.Li/c11-7(5-3-1-2-4-6-8(12,13)14)9(15,16)10(17,18)22(19,20)21;/h7H,1-6H2,(H,19,20,21);/q;+1/p-1. The molecule has 0 spiro atoms. The fraction of sp³-hybridized carbons (Fsp3) is 1.00. The second-order valence-electron chi connectivity index (χ2n) is 4.63. The molecule has 1 atom stereocenters. The number of halogens is 8. The van der Waals surface area contributed by atoms with Gasteiger partial charge in [-0.2, -0.15) is 30.7 Å². The van der Waals surface area contributed by atoms with Crippen molar-refractivity contribution in [1.29, 1.82) is 0 Å². The summed E-state index contributed by atoms with van der Waals surface area (Å²) in [5.74, 6) is -5.71. The Morgan fingerprint density at radius 1 is 0.870 bits per heavy atom. The molecule has 0 aliphatic heterocycles. The van der Waals surface area contributed by atoms with E-state index >= 15 is 0 Å². The molecule has 23 heavy (non-hydrogen) atoms. The van der Waals surface area contributed by atoms with E-state index in [1.807, 2.05) is 0 Å². The molecule has 0 rings (SSSR count). The molecule has 0 radical (unpaired) electrons. The van der Waals surface area contributed by atoms with Crippen LogP contribution >= 0.6 is 0 Å². The molecule has 0 saturated carbocycles. The number of unbranched alkanes of at least 4 members (excludes halogenated alkanes) is 3. The third-order valence-corrected chi connectivity index (χ3v) is 3.66. The minimum Gasteiger partial charge on any atom is -0.743 e. The second-order valence-corrected chi connectivity index (χ2v) is 6.05. The Kier molecular flexibility index (Phi) is 9.72. The first kappa shape index (κ1) is 25.2. The van der Waals surface area contributed by atoms with E-state index in [9.17, 15) is 48.1 Å². The molecule has 0 aromatic heterocycles. The molecule has 0 heterocycles. The summed E-state index contributed by atoms with van der Waals surface area (Å²) in [6, 6.07) is 0. The van der Waals surface area contributed by atoms with Gasteiger partial charge in [-0.25, -0.2) is 12.8 Å². The summed E-state index contributed by atoms with van der Waals surface area (Å²) in [5, 5.41) is -6.10. The Morgan fingerprint density at radius 2 is 1.30 bits per heavy atom. The van der Waals surface area contributed by atoms with E-state index in [1.165, 1.54) is 0 Å². The molecule has 0 aliphatic carbocycles. The van der Waals surface area contributed by atoms with Crippen LogP contribution in [0.25, 0.3) is 0 Å². The van der Waals surface area contributed by atoms with E-state index in [4.69, 9.17) is 0 Å². The maximum Gasteiger partial charge on any atom is 1.00 e. The SMILES string of the molecule is O=S(=O)([O-])C(F)(F)C(F)(F)C(F)CCCCCCC(F)(F)F.[Li+]. The zero-order chi connectivity index (χ0) is 17.8.